The SMILES string of the molecule is CC(C)(C)c1ccc(C(=O)O)cc1N=O. The van der Waals surface area contributed by atoms with Crippen LogP contribution in [0.3, 0.4) is 0 Å². The van der Waals surface area contributed by atoms with Crippen LogP contribution in [0.1, 0.15) is 36.7 Å². The molecule has 0 aromatic heterocycles. The van der Waals surface area contributed by atoms with Crippen LogP contribution in [0.2, 0.25) is 0 Å². The van der Waals surface area contributed by atoms with Gasteiger partial charge in [0, 0.05) is 0 Å². The fourth-order valence-corrected chi connectivity index (χ4v) is 1.37. The van der Waals surface area contributed by atoms with Gasteiger partial charge in [-0.15, -0.1) is 4.91 Å². The highest BCUT2D eigenvalue weighted by Crippen LogP contribution is 2.32. The zero-order valence-electron chi connectivity index (χ0n) is 8.94. The lowest BCUT2D eigenvalue weighted by Crippen LogP contribution is -2.11. The van der Waals surface area contributed by atoms with Gasteiger partial charge in [0.2, 0.25) is 0 Å². The van der Waals surface area contributed by atoms with Gasteiger partial charge in [0.1, 0.15) is 5.69 Å². The molecule has 0 amide bonds. The molecule has 1 rings (SSSR count). The standard InChI is InChI=1S/C11H13NO3/c1-11(2,3)8-5-4-7(10(13)14)6-9(8)12-15/h4-6H,1-3H3,(H,13,14). The highest BCUT2D eigenvalue weighted by Gasteiger charge is 2.19. The van der Waals surface area contributed by atoms with E-state index >= 15 is 0 Å². The Hall–Kier alpha value is -1.71. The molecule has 0 heterocycles. The molecule has 0 saturated carbocycles. The van der Waals surface area contributed by atoms with Crippen LogP contribution in [0, 0.1) is 4.91 Å². The Balaban J connectivity index is 3.33. The summed E-state index contributed by atoms with van der Waals surface area (Å²) in [6.45, 7) is 5.83. The van der Waals surface area contributed by atoms with Gasteiger partial charge in [0.25, 0.3) is 0 Å². The monoisotopic (exact) mass is 207 g/mol. The summed E-state index contributed by atoms with van der Waals surface area (Å²) < 4.78 is 0. The van der Waals surface area contributed by atoms with Crippen molar-refractivity contribution in [3.8, 4) is 0 Å². The molecule has 1 aromatic carbocycles. The maximum Gasteiger partial charge on any atom is 0.335 e. The van der Waals surface area contributed by atoms with Crippen molar-refractivity contribution in [2.24, 2.45) is 5.18 Å². The lowest BCUT2D eigenvalue weighted by molar-refractivity contribution is 0.0697. The van der Waals surface area contributed by atoms with Crippen molar-refractivity contribution in [3.05, 3.63) is 34.2 Å². The largest absolute Gasteiger partial charge is 0.478 e. The maximum absolute atomic E-state index is 10.7. The van der Waals surface area contributed by atoms with Gasteiger partial charge in [-0.3, -0.25) is 0 Å². The summed E-state index contributed by atoms with van der Waals surface area (Å²) >= 11 is 0. The number of benzene rings is 1. The predicted molar refractivity (Wildman–Crippen MR) is 57.6 cm³/mol. The fourth-order valence-electron chi connectivity index (χ4n) is 1.37. The summed E-state index contributed by atoms with van der Waals surface area (Å²) in [6, 6.07) is 4.42. The third-order valence-corrected chi connectivity index (χ3v) is 2.15. The number of nitrogens with zero attached hydrogens (tertiary/aromatic N) is 1. The van der Waals surface area contributed by atoms with Crippen molar-refractivity contribution in [2.75, 3.05) is 0 Å². The highest BCUT2D eigenvalue weighted by atomic mass is 16.4. The molecule has 0 aliphatic heterocycles. The Morgan fingerprint density at radius 1 is 1.33 bits per heavy atom. The normalized spacial score (nSPS) is 11.1. The number of carboxylic acid groups (broad SMARTS) is 1. The van der Waals surface area contributed by atoms with Crippen LogP contribution >= 0.6 is 0 Å². The third-order valence-electron chi connectivity index (χ3n) is 2.15. The average Bonchev–Trinajstić information content (AvgIpc) is 2.15. The molecule has 0 saturated heterocycles. The first-order valence-electron chi connectivity index (χ1n) is 4.57. The summed E-state index contributed by atoms with van der Waals surface area (Å²) in [5, 5.41) is 11.6. The second-order valence-corrected chi connectivity index (χ2v) is 4.38. The Bertz CT molecular complexity index is 405. The van der Waals surface area contributed by atoms with E-state index in [-0.39, 0.29) is 16.7 Å². The minimum absolute atomic E-state index is 0.0811. The molecule has 0 spiro atoms. The van der Waals surface area contributed by atoms with E-state index < -0.39 is 5.97 Å². The summed E-state index contributed by atoms with van der Waals surface area (Å²) in [6.07, 6.45) is 0. The molecule has 15 heavy (non-hydrogen) atoms. The van der Waals surface area contributed by atoms with E-state index in [4.69, 9.17) is 5.11 Å². The summed E-state index contributed by atoms with van der Waals surface area (Å²) in [5.74, 6) is -1.06. The zero-order chi connectivity index (χ0) is 11.6. The van der Waals surface area contributed by atoms with Crippen LogP contribution in [0.5, 0.6) is 0 Å². The number of carbonyl (C=O) groups is 1. The molecule has 0 aliphatic carbocycles. The van der Waals surface area contributed by atoms with Gasteiger partial charge in [0.15, 0.2) is 0 Å². The number of hydrogen-bond acceptors (Lipinski definition) is 3. The van der Waals surface area contributed by atoms with Gasteiger partial charge in [-0.1, -0.05) is 26.8 Å². The topological polar surface area (TPSA) is 66.7 Å². The lowest BCUT2D eigenvalue weighted by atomic mass is 9.85. The van der Waals surface area contributed by atoms with Crippen LogP contribution in [0.4, 0.5) is 5.69 Å². The van der Waals surface area contributed by atoms with Crippen molar-refractivity contribution in [3.63, 3.8) is 0 Å². The van der Waals surface area contributed by atoms with Gasteiger partial charge in [0.05, 0.1) is 5.56 Å². The van der Waals surface area contributed by atoms with E-state index in [0.29, 0.717) is 0 Å². The Morgan fingerprint density at radius 2 is 1.93 bits per heavy atom. The molecule has 1 aromatic rings. The van der Waals surface area contributed by atoms with Gasteiger partial charge >= 0.3 is 5.97 Å². The quantitative estimate of drug-likeness (QED) is 0.758. The van der Waals surface area contributed by atoms with Crippen molar-refractivity contribution in [1.29, 1.82) is 0 Å². The van der Waals surface area contributed by atoms with Gasteiger partial charge in [-0.25, -0.2) is 4.79 Å². The zero-order valence-corrected chi connectivity index (χ0v) is 8.94. The van der Waals surface area contributed by atoms with Crippen molar-refractivity contribution in [2.45, 2.75) is 26.2 Å². The summed E-state index contributed by atoms with van der Waals surface area (Å²) in [4.78, 5) is 21.3. The first-order chi connectivity index (χ1) is 6.86. The molecule has 80 valence electrons. The number of aromatic carboxylic acids is 1. The van der Waals surface area contributed by atoms with E-state index in [2.05, 4.69) is 5.18 Å². The predicted octanol–water partition coefficient (Wildman–Crippen LogP) is 3.08. The number of nitroso groups, excluding NO2 is 1. The molecule has 0 atom stereocenters. The van der Waals surface area contributed by atoms with E-state index in [9.17, 15) is 9.70 Å². The molecule has 0 unspecified atom stereocenters. The Morgan fingerprint density at radius 3 is 2.33 bits per heavy atom. The van der Waals surface area contributed by atoms with Crippen LogP contribution in [0.15, 0.2) is 23.4 Å². The fraction of sp³-hybridized carbons (Fsp3) is 0.364. The van der Waals surface area contributed by atoms with Gasteiger partial charge < -0.3 is 5.11 Å². The smallest absolute Gasteiger partial charge is 0.335 e. The highest BCUT2D eigenvalue weighted by molar-refractivity contribution is 5.89. The van der Waals surface area contributed by atoms with E-state index in [1.165, 1.54) is 12.1 Å². The van der Waals surface area contributed by atoms with Crippen molar-refractivity contribution in [1.82, 2.24) is 0 Å². The molecule has 4 nitrogen and oxygen atoms in total. The second kappa shape index (κ2) is 3.81. The first kappa shape index (κ1) is 11.4. The summed E-state index contributed by atoms with van der Waals surface area (Å²) in [7, 11) is 0. The number of hydrogen-bond donors (Lipinski definition) is 1. The van der Waals surface area contributed by atoms with Crippen LogP contribution < -0.4 is 0 Å². The minimum atomic E-state index is -1.06. The Kier molecular flexibility index (Phi) is 2.88. The summed E-state index contributed by atoms with van der Waals surface area (Å²) in [5.41, 5.74) is 0.808. The van der Waals surface area contributed by atoms with E-state index in [1.54, 1.807) is 6.07 Å². The number of carboxylic acids is 1. The molecule has 4 heteroatoms. The van der Waals surface area contributed by atoms with Crippen molar-refractivity contribution < 1.29 is 9.90 Å². The van der Waals surface area contributed by atoms with Crippen molar-refractivity contribution >= 4 is 11.7 Å². The number of rotatable bonds is 2. The molecule has 0 bridgehead atoms. The molecule has 0 fully saturated rings. The Labute approximate surface area is 87.9 Å². The molecule has 0 radical (unpaired) electrons. The third kappa shape index (κ3) is 2.40. The minimum Gasteiger partial charge on any atom is -0.478 e. The van der Waals surface area contributed by atoms with Gasteiger partial charge in [-0.2, -0.15) is 0 Å². The average molecular weight is 207 g/mol. The van der Waals surface area contributed by atoms with E-state index in [1.807, 2.05) is 20.8 Å². The molecule has 0 aliphatic rings. The lowest BCUT2D eigenvalue weighted by Gasteiger charge is -2.20. The van der Waals surface area contributed by atoms with Crippen LogP contribution in [0.25, 0.3) is 0 Å². The van der Waals surface area contributed by atoms with E-state index in [0.717, 1.165) is 5.56 Å². The molecular weight excluding hydrogens is 194 g/mol. The molecular formula is C11H13NO3. The van der Waals surface area contributed by atoms with Crippen LogP contribution in [-0.4, -0.2) is 11.1 Å². The maximum atomic E-state index is 10.7. The molecule has 1 N–H and O–H groups in total. The van der Waals surface area contributed by atoms with Crippen LogP contribution in [-0.2, 0) is 5.41 Å². The first-order valence-corrected chi connectivity index (χ1v) is 4.57. The second-order valence-electron chi connectivity index (χ2n) is 4.38. The van der Waals surface area contributed by atoms with Gasteiger partial charge in [-0.05, 0) is 28.3 Å².